The number of aliphatic hydroxyl groups is 3. The highest BCUT2D eigenvalue weighted by molar-refractivity contribution is 5.82. The number of esters is 1. The Morgan fingerprint density at radius 1 is 1.00 bits per heavy atom. The highest BCUT2D eigenvalue weighted by Gasteiger charge is 2.65. The van der Waals surface area contributed by atoms with Gasteiger partial charge in [-0.05, 0) is 112 Å². The molecular formula is C34H59N2O6+. The number of nitrogens with two attached hydrogens (primary N) is 1. The lowest BCUT2D eigenvalue weighted by Gasteiger charge is -2.63. The van der Waals surface area contributed by atoms with Crippen LogP contribution in [0, 0.1) is 52.3 Å². The number of hydrogen-bond acceptors (Lipinski definition) is 6. The fourth-order valence-electron chi connectivity index (χ4n) is 11.0. The summed E-state index contributed by atoms with van der Waals surface area (Å²) in [4.78, 5) is 25.3. The molecule has 0 aromatic rings. The first-order valence-electron chi connectivity index (χ1n) is 17.1. The van der Waals surface area contributed by atoms with Crippen LogP contribution < -0.4 is 10.6 Å². The van der Waals surface area contributed by atoms with Crippen LogP contribution in [0.2, 0.25) is 0 Å². The van der Waals surface area contributed by atoms with Crippen molar-refractivity contribution in [1.29, 1.82) is 0 Å². The predicted molar refractivity (Wildman–Crippen MR) is 160 cm³/mol. The summed E-state index contributed by atoms with van der Waals surface area (Å²) in [5.74, 6) is 1.44. The van der Waals surface area contributed by atoms with E-state index in [4.69, 9.17) is 4.74 Å². The maximum Gasteiger partial charge on any atom is 0.325 e. The second kappa shape index (κ2) is 12.3. The molecule has 1 saturated heterocycles. The molecule has 42 heavy (non-hydrogen) atoms. The molecule has 11 atom stereocenters. The zero-order valence-corrected chi connectivity index (χ0v) is 26.8. The second-order valence-electron chi connectivity index (χ2n) is 16.0. The van der Waals surface area contributed by atoms with Crippen LogP contribution in [-0.2, 0) is 14.3 Å². The summed E-state index contributed by atoms with van der Waals surface area (Å²) < 4.78 is 5.79. The number of quaternary nitrogens is 1. The van der Waals surface area contributed by atoms with E-state index in [9.17, 15) is 24.9 Å². The first-order chi connectivity index (χ1) is 19.8. The molecule has 6 N–H and O–H groups in total. The van der Waals surface area contributed by atoms with Gasteiger partial charge in [-0.3, -0.25) is 9.59 Å². The highest BCUT2D eigenvalue weighted by atomic mass is 16.6. The molecule has 5 fully saturated rings. The van der Waals surface area contributed by atoms with Gasteiger partial charge in [0.25, 0.3) is 0 Å². The molecule has 0 spiro atoms. The minimum atomic E-state index is -0.526. The Bertz CT molecular complexity index is 983. The molecule has 5 aliphatic rings. The molecule has 1 aliphatic heterocycles. The smallest absolute Gasteiger partial charge is 0.325 e. The van der Waals surface area contributed by atoms with E-state index < -0.39 is 11.7 Å². The van der Waals surface area contributed by atoms with Crippen LogP contribution in [0.15, 0.2) is 0 Å². The lowest BCUT2D eigenvalue weighted by atomic mass is 9.43. The Labute approximate surface area is 253 Å². The van der Waals surface area contributed by atoms with Crippen LogP contribution in [0.25, 0.3) is 0 Å². The van der Waals surface area contributed by atoms with Gasteiger partial charge in [-0.25, -0.2) is 0 Å². The topological polar surface area (TPSA) is 133 Å². The van der Waals surface area contributed by atoms with Gasteiger partial charge in [-0.1, -0.05) is 20.8 Å². The van der Waals surface area contributed by atoms with Gasteiger partial charge in [-0.2, -0.15) is 0 Å². The average Bonchev–Trinajstić information content (AvgIpc) is 3.31. The molecule has 4 saturated carbocycles. The predicted octanol–water partition coefficient (Wildman–Crippen LogP) is 2.78. The quantitative estimate of drug-likeness (QED) is 0.276. The van der Waals surface area contributed by atoms with Crippen molar-refractivity contribution in [2.45, 2.75) is 129 Å². The monoisotopic (exact) mass is 591 g/mol. The van der Waals surface area contributed by atoms with E-state index in [0.29, 0.717) is 24.7 Å². The van der Waals surface area contributed by atoms with Crippen LogP contribution in [0.5, 0.6) is 0 Å². The summed E-state index contributed by atoms with van der Waals surface area (Å²) in [6.45, 7) is 12.8. The van der Waals surface area contributed by atoms with Gasteiger partial charge in [0.05, 0.1) is 31.4 Å². The molecule has 1 heterocycles. The molecule has 8 nitrogen and oxygen atoms in total. The van der Waals surface area contributed by atoms with Crippen molar-refractivity contribution in [3.05, 3.63) is 0 Å². The fraction of sp³-hybridized carbons (Fsp3) is 0.941. The third kappa shape index (κ3) is 5.91. The molecule has 240 valence electrons. The molecule has 0 radical (unpaired) electrons. The van der Waals surface area contributed by atoms with E-state index in [1.165, 1.54) is 0 Å². The number of fused-ring (bicyclic) bond motifs is 5. The number of rotatable bonds is 8. The third-order valence-corrected chi connectivity index (χ3v) is 13.6. The van der Waals surface area contributed by atoms with Crippen LogP contribution in [0.1, 0.15) is 105 Å². The third-order valence-electron chi connectivity index (χ3n) is 13.6. The number of amides is 1. The number of carbonyl (C=O) groups excluding carboxylic acids is 2. The minimum Gasteiger partial charge on any atom is -0.458 e. The molecule has 8 heteroatoms. The Hall–Kier alpha value is -1.22. The minimum absolute atomic E-state index is 0.0681. The Morgan fingerprint density at radius 3 is 2.43 bits per heavy atom. The normalized spacial score (nSPS) is 43.0. The summed E-state index contributed by atoms with van der Waals surface area (Å²) in [5, 5.41) is 38.7. The standard InChI is InChI=1S/C34H58N2O6/c1-20(6-9-29(40)36-19-30(41)42-32(2,3)21-11-14-35-15-12-21)24-7-8-25-31-26(18-28(39)34(24,25)5)33(4)13-10-23(37)16-22(33)17-27(31)38/h20-28,31,35,37-39H,6-19H2,1-5H3,(H,36,40)/p+1/t20-,22+,23?,24-,25+,26+,27?,28?,31+,33+,34-/m1/s1. The van der Waals surface area contributed by atoms with E-state index in [1.54, 1.807) is 0 Å². The van der Waals surface area contributed by atoms with E-state index >= 15 is 0 Å². The van der Waals surface area contributed by atoms with Crippen molar-refractivity contribution in [3.63, 3.8) is 0 Å². The van der Waals surface area contributed by atoms with Crippen molar-refractivity contribution < 1.29 is 35.0 Å². The zero-order valence-electron chi connectivity index (χ0n) is 26.8. The Balaban J connectivity index is 1.15. The summed E-state index contributed by atoms with van der Waals surface area (Å²) >= 11 is 0. The summed E-state index contributed by atoms with van der Waals surface area (Å²) in [6, 6.07) is 0. The van der Waals surface area contributed by atoms with Gasteiger partial charge >= 0.3 is 5.97 Å². The number of hydrogen-bond donors (Lipinski definition) is 5. The average molecular weight is 592 g/mol. The SMILES string of the molecule is C[C@H](CCC(=O)NCC(=O)OC(C)(C)C1CC[NH2+]CC1)[C@H]1CC[C@H]2[C@@H]3C(O)C[C@@H]4CC(O)CC[C@]4(C)[C@H]3CC(O)[C@]12C. The van der Waals surface area contributed by atoms with E-state index in [2.05, 4.69) is 31.4 Å². The number of carbonyl (C=O) groups is 2. The van der Waals surface area contributed by atoms with Crippen molar-refractivity contribution in [2.75, 3.05) is 19.6 Å². The van der Waals surface area contributed by atoms with Gasteiger partial charge < -0.3 is 30.7 Å². The van der Waals surface area contributed by atoms with Gasteiger partial charge in [0.2, 0.25) is 5.91 Å². The summed E-state index contributed by atoms with van der Waals surface area (Å²) in [6.07, 6.45) is 8.11. The van der Waals surface area contributed by atoms with E-state index in [-0.39, 0.29) is 71.0 Å². The van der Waals surface area contributed by atoms with Crippen LogP contribution in [-0.4, -0.2) is 70.7 Å². The Morgan fingerprint density at radius 2 is 1.71 bits per heavy atom. The van der Waals surface area contributed by atoms with E-state index in [0.717, 1.165) is 70.9 Å². The molecule has 0 bridgehead atoms. The van der Waals surface area contributed by atoms with Gasteiger partial charge in [0, 0.05) is 25.2 Å². The lowest BCUT2D eigenvalue weighted by molar-refractivity contribution is -0.665. The van der Waals surface area contributed by atoms with Crippen LogP contribution >= 0.6 is 0 Å². The molecule has 1 amide bonds. The van der Waals surface area contributed by atoms with Gasteiger partial charge in [0.15, 0.2) is 0 Å². The van der Waals surface area contributed by atoms with Crippen molar-refractivity contribution in [1.82, 2.24) is 5.32 Å². The molecule has 4 aliphatic carbocycles. The second-order valence-corrected chi connectivity index (χ2v) is 16.0. The first kappa shape index (κ1) is 32.2. The number of aliphatic hydroxyl groups excluding tert-OH is 3. The number of nitrogens with one attached hydrogen (secondary N) is 1. The van der Waals surface area contributed by atoms with Crippen molar-refractivity contribution >= 4 is 11.9 Å². The van der Waals surface area contributed by atoms with Gasteiger partial charge in [0.1, 0.15) is 12.1 Å². The number of piperidine rings is 1. The zero-order chi connectivity index (χ0) is 30.4. The highest BCUT2D eigenvalue weighted by Crippen LogP contribution is 2.68. The maximum atomic E-state index is 12.8. The summed E-state index contributed by atoms with van der Waals surface area (Å²) in [7, 11) is 0. The molecule has 0 aromatic carbocycles. The molecule has 5 rings (SSSR count). The molecule has 3 unspecified atom stereocenters. The van der Waals surface area contributed by atoms with Gasteiger partial charge in [-0.15, -0.1) is 0 Å². The van der Waals surface area contributed by atoms with Crippen molar-refractivity contribution in [3.8, 4) is 0 Å². The molecular weight excluding hydrogens is 532 g/mol. The Kier molecular flexibility index (Phi) is 9.41. The number of ether oxygens (including phenoxy) is 1. The largest absolute Gasteiger partial charge is 0.458 e. The molecule has 0 aromatic heterocycles. The van der Waals surface area contributed by atoms with Crippen LogP contribution in [0.3, 0.4) is 0 Å². The maximum absolute atomic E-state index is 12.8. The summed E-state index contributed by atoms with van der Waals surface area (Å²) in [5.41, 5.74) is -0.734. The fourth-order valence-corrected chi connectivity index (χ4v) is 11.0. The lowest BCUT2D eigenvalue weighted by Crippen LogP contribution is -2.86. The van der Waals surface area contributed by atoms with Crippen LogP contribution in [0.4, 0.5) is 0 Å². The first-order valence-corrected chi connectivity index (χ1v) is 17.1. The van der Waals surface area contributed by atoms with Crippen molar-refractivity contribution in [2.24, 2.45) is 52.3 Å². The van der Waals surface area contributed by atoms with E-state index in [1.807, 2.05) is 13.8 Å².